The summed E-state index contributed by atoms with van der Waals surface area (Å²) in [5.41, 5.74) is 1.68. The minimum atomic E-state index is -0.965. The summed E-state index contributed by atoms with van der Waals surface area (Å²) in [5.74, 6) is 0.653. The number of aliphatic hydroxyl groups excluding tert-OH is 1. The van der Waals surface area contributed by atoms with Crippen LogP contribution in [0.4, 0.5) is 0 Å². The molecule has 0 amide bonds. The van der Waals surface area contributed by atoms with Crippen LogP contribution in [0.25, 0.3) is 0 Å². The molecule has 0 radical (unpaired) electrons. The number of halogens is 3. The van der Waals surface area contributed by atoms with Gasteiger partial charge in [-0.15, -0.1) is 23.2 Å². The molecule has 0 aliphatic heterocycles. The summed E-state index contributed by atoms with van der Waals surface area (Å²) in [5, 5.41) is 9.94. The fraction of sp³-hybridized carbons (Fsp3) is 0.200. The molecule has 20 heavy (non-hydrogen) atoms. The first-order chi connectivity index (χ1) is 9.58. The summed E-state index contributed by atoms with van der Waals surface area (Å²) in [6, 6.07) is 15.2. The topological polar surface area (TPSA) is 29.5 Å². The first kappa shape index (κ1) is 15.6. The van der Waals surface area contributed by atoms with Crippen LogP contribution in [0.2, 0.25) is 0 Å². The summed E-state index contributed by atoms with van der Waals surface area (Å²) in [6.07, 6.45) is -0.965. The number of benzene rings is 2. The van der Waals surface area contributed by atoms with Gasteiger partial charge >= 0.3 is 0 Å². The smallest absolute Gasteiger partial charge is 0.137 e. The van der Waals surface area contributed by atoms with E-state index in [-0.39, 0.29) is 0 Å². The Balaban J connectivity index is 2.11. The SMILES string of the molecule is OC(c1cc(OCc2ccccc2)ccc1Br)C(Cl)Cl. The Kier molecular flexibility index (Phi) is 5.73. The van der Waals surface area contributed by atoms with E-state index < -0.39 is 10.9 Å². The van der Waals surface area contributed by atoms with Gasteiger partial charge in [0.2, 0.25) is 0 Å². The Labute approximate surface area is 136 Å². The van der Waals surface area contributed by atoms with E-state index in [1.165, 1.54) is 0 Å². The van der Waals surface area contributed by atoms with E-state index in [9.17, 15) is 5.11 Å². The summed E-state index contributed by atoms with van der Waals surface area (Å²) >= 11 is 14.8. The number of alkyl halides is 2. The van der Waals surface area contributed by atoms with Crippen LogP contribution in [0.1, 0.15) is 17.2 Å². The van der Waals surface area contributed by atoms with Crippen molar-refractivity contribution in [2.24, 2.45) is 0 Å². The second kappa shape index (κ2) is 7.32. The quantitative estimate of drug-likeness (QED) is 0.755. The number of ether oxygens (including phenoxy) is 1. The highest BCUT2D eigenvalue weighted by Crippen LogP contribution is 2.32. The highest BCUT2D eigenvalue weighted by Gasteiger charge is 2.19. The van der Waals surface area contributed by atoms with E-state index >= 15 is 0 Å². The zero-order chi connectivity index (χ0) is 14.5. The summed E-state index contributed by atoms with van der Waals surface area (Å²) in [7, 11) is 0. The maximum atomic E-state index is 9.94. The normalized spacial score (nSPS) is 12.4. The maximum absolute atomic E-state index is 9.94. The molecule has 0 aliphatic carbocycles. The van der Waals surface area contributed by atoms with Crippen LogP contribution in [0.5, 0.6) is 5.75 Å². The Morgan fingerprint density at radius 3 is 2.45 bits per heavy atom. The van der Waals surface area contributed by atoms with Crippen LogP contribution in [0, 0.1) is 0 Å². The van der Waals surface area contributed by atoms with E-state index in [1.54, 1.807) is 12.1 Å². The molecule has 0 aromatic heterocycles. The zero-order valence-corrected chi connectivity index (χ0v) is 13.6. The molecule has 5 heteroatoms. The summed E-state index contributed by atoms with van der Waals surface area (Å²) in [6.45, 7) is 0.461. The van der Waals surface area contributed by atoms with E-state index in [0.717, 1.165) is 10.0 Å². The van der Waals surface area contributed by atoms with Crippen molar-refractivity contribution in [3.8, 4) is 5.75 Å². The van der Waals surface area contributed by atoms with Crippen molar-refractivity contribution in [3.05, 3.63) is 64.1 Å². The highest BCUT2D eigenvalue weighted by atomic mass is 79.9. The maximum Gasteiger partial charge on any atom is 0.137 e. The minimum Gasteiger partial charge on any atom is -0.489 e. The van der Waals surface area contributed by atoms with Crippen molar-refractivity contribution in [1.29, 1.82) is 0 Å². The molecule has 0 bridgehead atoms. The molecular formula is C15H13BrCl2O2. The van der Waals surface area contributed by atoms with Crippen molar-refractivity contribution in [2.75, 3.05) is 0 Å². The fourth-order valence-electron chi connectivity index (χ4n) is 1.71. The molecule has 0 saturated heterocycles. The third kappa shape index (κ3) is 4.13. The summed E-state index contributed by atoms with van der Waals surface area (Å²) in [4.78, 5) is -0.893. The molecule has 106 valence electrons. The van der Waals surface area contributed by atoms with Crippen LogP contribution in [-0.2, 0) is 6.61 Å². The van der Waals surface area contributed by atoms with Crippen LogP contribution >= 0.6 is 39.1 Å². The molecule has 0 fully saturated rings. The predicted octanol–water partition coefficient (Wildman–Crippen LogP) is 4.87. The lowest BCUT2D eigenvalue weighted by molar-refractivity contribution is 0.191. The molecule has 1 atom stereocenters. The number of aliphatic hydroxyl groups is 1. The van der Waals surface area contributed by atoms with Gasteiger partial charge in [0.1, 0.15) is 23.3 Å². The second-order valence-corrected chi connectivity index (χ2v) is 6.26. The largest absolute Gasteiger partial charge is 0.489 e. The minimum absolute atomic E-state index is 0.461. The molecular weight excluding hydrogens is 363 g/mol. The monoisotopic (exact) mass is 374 g/mol. The van der Waals surface area contributed by atoms with Gasteiger partial charge in [0, 0.05) is 10.0 Å². The van der Waals surface area contributed by atoms with Crippen LogP contribution in [0.15, 0.2) is 53.0 Å². The average Bonchev–Trinajstić information content (AvgIpc) is 2.46. The number of hydrogen-bond donors (Lipinski definition) is 1. The molecule has 2 aromatic rings. The van der Waals surface area contributed by atoms with Gasteiger partial charge in [0.15, 0.2) is 0 Å². The van der Waals surface area contributed by atoms with E-state index in [1.807, 2.05) is 36.4 Å². The molecule has 1 N–H and O–H groups in total. The lowest BCUT2D eigenvalue weighted by Gasteiger charge is -2.15. The standard InChI is InChI=1S/C15H13BrCl2O2/c16-13-7-6-11(8-12(13)14(19)15(17)18)20-9-10-4-2-1-3-5-10/h1-8,14-15,19H,9H2. The lowest BCUT2D eigenvalue weighted by atomic mass is 10.1. The molecule has 2 nitrogen and oxygen atoms in total. The first-order valence-corrected chi connectivity index (χ1v) is 7.67. The van der Waals surface area contributed by atoms with Gasteiger partial charge in [0.25, 0.3) is 0 Å². The molecule has 1 unspecified atom stereocenters. The average molecular weight is 376 g/mol. The van der Waals surface area contributed by atoms with Gasteiger partial charge in [0.05, 0.1) is 0 Å². The van der Waals surface area contributed by atoms with Gasteiger partial charge < -0.3 is 9.84 Å². The van der Waals surface area contributed by atoms with Gasteiger partial charge in [-0.2, -0.15) is 0 Å². The lowest BCUT2D eigenvalue weighted by Crippen LogP contribution is -2.07. The third-order valence-electron chi connectivity index (χ3n) is 2.77. The van der Waals surface area contributed by atoms with Gasteiger partial charge in [-0.1, -0.05) is 46.3 Å². The van der Waals surface area contributed by atoms with E-state index in [4.69, 9.17) is 27.9 Å². The fourth-order valence-corrected chi connectivity index (χ4v) is 2.47. The van der Waals surface area contributed by atoms with E-state index in [0.29, 0.717) is 17.9 Å². The van der Waals surface area contributed by atoms with Gasteiger partial charge in [-0.05, 0) is 23.8 Å². The zero-order valence-electron chi connectivity index (χ0n) is 10.5. The predicted molar refractivity (Wildman–Crippen MR) is 85.4 cm³/mol. The van der Waals surface area contributed by atoms with Crippen LogP contribution in [0.3, 0.4) is 0 Å². The highest BCUT2D eigenvalue weighted by molar-refractivity contribution is 9.10. The third-order valence-corrected chi connectivity index (χ3v) is 3.97. The molecule has 0 spiro atoms. The Morgan fingerprint density at radius 2 is 1.80 bits per heavy atom. The van der Waals surface area contributed by atoms with E-state index in [2.05, 4.69) is 15.9 Å². The van der Waals surface area contributed by atoms with Gasteiger partial charge in [-0.3, -0.25) is 0 Å². The molecule has 2 aromatic carbocycles. The van der Waals surface area contributed by atoms with Crippen molar-refractivity contribution in [2.45, 2.75) is 17.5 Å². The molecule has 0 aliphatic rings. The number of rotatable bonds is 5. The van der Waals surface area contributed by atoms with Gasteiger partial charge in [-0.25, -0.2) is 0 Å². The second-order valence-electron chi connectivity index (χ2n) is 4.24. The number of hydrogen-bond acceptors (Lipinski definition) is 2. The van der Waals surface area contributed by atoms with Crippen molar-refractivity contribution in [1.82, 2.24) is 0 Å². The van der Waals surface area contributed by atoms with Crippen molar-refractivity contribution >= 4 is 39.1 Å². The first-order valence-electron chi connectivity index (χ1n) is 6.00. The molecule has 2 rings (SSSR count). The van der Waals surface area contributed by atoms with Crippen molar-refractivity contribution in [3.63, 3.8) is 0 Å². The summed E-state index contributed by atoms with van der Waals surface area (Å²) < 4.78 is 6.44. The Bertz CT molecular complexity index is 561. The Morgan fingerprint density at radius 1 is 1.10 bits per heavy atom. The van der Waals surface area contributed by atoms with Crippen molar-refractivity contribution < 1.29 is 9.84 Å². The Hall–Kier alpha value is -0.740. The van der Waals surface area contributed by atoms with Crippen LogP contribution < -0.4 is 4.74 Å². The molecule has 0 heterocycles. The molecule has 0 saturated carbocycles. The van der Waals surface area contributed by atoms with Crippen LogP contribution in [-0.4, -0.2) is 9.94 Å².